The third kappa shape index (κ3) is 3.33. The Hall–Kier alpha value is -3.25. The van der Waals surface area contributed by atoms with E-state index in [0.717, 1.165) is 22.6 Å². The van der Waals surface area contributed by atoms with Crippen LogP contribution in [0.15, 0.2) is 36.7 Å². The van der Waals surface area contributed by atoms with Crippen molar-refractivity contribution in [3.8, 4) is 17.3 Å². The first kappa shape index (κ1) is 14.7. The Morgan fingerprint density at radius 2 is 2.26 bits per heavy atom. The van der Waals surface area contributed by atoms with Gasteiger partial charge in [0.1, 0.15) is 12.0 Å². The Kier molecular flexibility index (Phi) is 3.99. The van der Waals surface area contributed by atoms with Gasteiger partial charge in [0.15, 0.2) is 5.13 Å². The number of thiazole rings is 1. The minimum atomic E-state index is -0.476. The third-order valence-electron chi connectivity index (χ3n) is 3.01. The third-order valence-corrected chi connectivity index (χ3v) is 3.92. The largest absolute Gasteiger partial charge is 0.354 e. The number of hydrogen-bond donors (Lipinski definition) is 2. The molecule has 9 heteroatoms. The minimum absolute atomic E-state index is 0.0130. The maximum Gasteiger partial charge on any atom is 0.345 e. The number of anilines is 1. The van der Waals surface area contributed by atoms with Gasteiger partial charge in [-0.3, -0.25) is 10.1 Å². The fourth-order valence-electron chi connectivity index (χ4n) is 1.95. The van der Waals surface area contributed by atoms with Gasteiger partial charge in [0.25, 0.3) is 0 Å². The number of aromatic amines is 1. The molecule has 8 nitrogen and oxygen atoms in total. The molecule has 0 fully saturated rings. The van der Waals surface area contributed by atoms with E-state index in [9.17, 15) is 10.1 Å². The van der Waals surface area contributed by atoms with Gasteiger partial charge in [0, 0.05) is 5.56 Å². The fraction of sp³-hybridized carbons (Fsp3) is 0.0714. The number of rotatable bonds is 5. The Balaban J connectivity index is 1.69. The first-order chi connectivity index (χ1) is 11.2. The van der Waals surface area contributed by atoms with Crippen molar-refractivity contribution in [1.82, 2.24) is 15.0 Å². The van der Waals surface area contributed by atoms with Crippen LogP contribution in [0.25, 0.3) is 11.3 Å². The fourth-order valence-corrected chi connectivity index (χ4v) is 2.57. The molecule has 0 saturated heterocycles. The molecule has 2 N–H and O–H groups in total. The molecule has 0 atom stereocenters. The molecule has 2 heterocycles. The molecule has 2 aromatic heterocycles. The number of benzene rings is 1. The van der Waals surface area contributed by atoms with Gasteiger partial charge in [-0.15, -0.1) is 0 Å². The van der Waals surface area contributed by atoms with Gasteiger partial charge in [-0.05, 0) is 23.5 Å². The summed E-state index contributed by atoms with van der Waals surface area (Å²) < 4.78 is 0. The lowest BCUT2D eigenvalue weighted by Gasteiger charge is -1.99. The second-order valence-corrected chi connectivity index (χ2v) is 5.56. The second-order valence-electron chi connectivity index (χ2n) is 4.55. The van der Waals surface area contributed by atoms with E-state index in [-0.39, 0.29) is 5.00 Å². The van der Waals surface area contributed by atoms with Gasteiger partial charge in [0.2, 0.25) is 0 Å². The summed E-state index contributed by atoms with van der Waals surface area (Å²) in [5.74, 6) is 0.667. The van der Waals surface area contributed by atoms with Gasteiger partial charge in [-0.2, -0.15) is 5.26 Å². The Morgan fingerprint density at radius 1 is 1.39 bits per heavy atom. The standard InChI is InChI=1S/C14H10N6O2S/c15-5-9-2-1-3-10(4-9)11-6-16-12(19-11)7-17-14-18-8-13(23-14)20(21)22/h1-4,6,8H,7H2,(H,16,19)(H,17,18). The molecule has 0 aliphatic rings. The van der Waals surface area contributed by atoms with Crippen LogP contribution in [0.3, 0.4) is 0 Å². The highest BCUT2D eigenvalue weighted by Crippen LogP contribution is 2.25. The van der Waals surface area contributed by atoms with E-state index in [1.165, 1.54) is 6.20 Å². The lowest BCUT2D eigenvalue weighted by molar-refractivity contribution is -0.380. The molecule has 0 spiro atoms. The zero-order valence-electron chi connectivity index (χ0n) is 11.7. The van der Waals surface area contributed by atoms with Crippen molar-refractivity contribution < 1.29 is 4.92 Å². The summed E-state index contributed by atoms with van der Waals surface area (Å²) in [6, 6.07) is 9.29. The van der Waals surface area contributed by atoms with Crippen LogP contribution in [0.4, 0.5) is 10.1 Å². The summed E-state index contributed by atoms with van der Waals surface area (Å²) in [6.45, 7) is 0.364. The van der Waals surface area contributed by atoms with Crippen LogP contribution in [0.5, 0.6) is 0 Å². The minimum Gasteiger partial charge on any atom is -0.354 e. The molecule has 114 valence electrons. The van der Waals surface area contributed by atoms with E-state index in [0.29, 0.717) is 23.1 Å². The SMILES string of the molecule is N#Cc1cccc(-c2cnc(CNc3ncc([N+](=O)[O-])s3)[nH]2)c1. The molecule has 0 unspecified atom stereocenters. The van der Waals surface area contributed by atoms with Crippen LogP contribution in [0, 0.1) is 21.4 Å². The van der Waals surface area contributed by atoms with E-state index in [4.69, 9.17) is 5.26 Å². The van der Waals surface area contributed by atoms with Crippen molar-refractivity contribution in [3.05, 3.63) is 58.2 Å². The summed E-state index contributed by atoms with van der Waals surface area (Å²) in [5, 5.41) is 23.0. The molecule has 3 rings (SSSR count). The molecular formula is C14H10N6O2S. The van der Waals surface area contributed by atoms with Crippen molar-refractivity contribution >= 4 is 21.5 Å². The van der Waals surface area contributed by atoms with Crippen molar-refractivity contribution in [1.29, 1.82) is 5.26 Å². The predicted octanol–water partition coefficient (Wildman–Crippen LogP) is 2.93. The molecule has 0 bridgehead atoms. The van der Waals surface area contributed by atoms with Crippen molar-refractivity contribution in [3.63, 3.8) is 0 Å². The summed E-state index contributed by atoms with van der Waals surface area (Å²) in [6.07, 6.45) is 2.89. The van der Waals surface area contributed by atoms with E-state index in [2.05, 4.69) is 26.3 Å². The van der Waals surface area contributed by atoms with Crippen molar-refractivity contribution in [2.75, 3.05) is 5.32 Å². The smallest absolute Gasteiger partial charge is 0.345 e. The number of hydrogen-bond acceptors (Lipinski definition) is 7. The maximum atomic E-state index is 10.6. The number of nitrogens with zero attached hydrogens (tertiary/aromatic N) is 4. The summed E-state index contributed by atoms with van der Waals surface area (Å²) in [7, 11) is 0. The normalized spacial score (nSPS) is 10.2. The molecule has 3 aromatic rings. The Labute approximate surface area is 134 Å². The molecule has 0 radical (unpaired) electrons. The van der Waals surface area contributed by atoms with E-state index in [1.54, 1.807) is 24.4 Å². The lowest BCUT2D eigenvalue weighted by atomic mass is 10.1. The monoisotopic (exact) mass is 326 g/mol. The van der Waals surface area contributed by atoms with Gasteiger partial charge in [0.05, 0.1) is 35.0 Å². The number of imidazole rings is 1. The molecule has 0 aliphatic heterocycles. The highest BCUT2D eigenvalue weighted by molar-refractivity contribution is 7.18. The lowest BCUT2D eigenvalue weighted by Crippen LogP contribution is -2.00. The second kappa shape index (κ2) is 6.25. The highest BCUT2D eigenvalue weighted by Gasteiger charge is 2.11. The van der Waals surface area contributed by atoms with Gasteiger partial charge >= 0.3 is 5.00 Å². The maximum absolute atomic E-state index is 10.6. The number of nitriles is 1. The first-order valence-corrected chi connectivity index (χ1v) is 7.36. The van der Waals surface area contributed by atoms with Crippen LogP contribution in [0.2, 0.25) is 0 Å². The summed E-state index contributed by atoms with van der Waals surface area (Å²) >= 11 is 0.969. The van der Waals surface area contributed by atoms with Crippen LogP contribution in [-0.4, -0.2) is 19.9 Å². The molecule has 0 aliphatic carbocycles. The van der Waals surface area contributed by atoms with E-state index in [1.807, 2.05) is 6.07 Å². The quantitative estimate of drug-likeness (QED) is 0.549. The van der Waals surface area contributed by atoms with Gasteiger partial charge < -0.3 is 10.3 Å². The number of aromatic nitrogens is 3. The van der Waals surface area contributed by atoms with Crippen LogP contribution < -0.4 is 5.32 Å². The summed E-state index contributed by atoms with van der Waals surface area (Å²) in [5.41, 5.74) is 2.24. The summed E-state index contributed by atoms with van der Waals surface area (Å²) in [4.78, 5) is 21.4. The number of nitro groups is 1. The van der Waals surface area contributed by atoms with Crippen LogP contribution in [-0.2, 0) is 6.54 Å². The van der Waals surface area contributed by atoms with Gasteiger partial charge in [-0.1, -0.05) is 12.1 Å². The molecular weight excluding hydrogens is 316 g/mol. The number of H-pyrrole nitrogens is 1. The Morgan fingerprint density at radius 3 is 3.00 bits per heavy atom. The average Bonchev–Trinajstić information content (AvgIpc) is 3.22. The molecule has 0 saturated carbocycles. The molecule has 23 heavy (non-hydrogen) atoms. The Bertz CT molecular complexity index is 895. The van der Waals surface area contributed by atoms with Crippen molar-refractivity contribution in [2.45, 2.75) is 6.54 Å². The topological polar surface area (TPSA) is 121 Å². The van der Waals surface area contributed by atoms with Crippen molar-refractivity contribution in [2.24, 2.45) is 0 Å². The molecule has 1 aromatic carbocycles. The predicted molar refractivity (Wildman–Crippen MR) is 84.8 cm³/mol. The molecule has 0 amide bonds. The average molecular weight is 326 g/mol. The first-order valence-electron chi connectivity index (χ1n) is 6.54. The zero-order valence-corrected chi connectivity index (χ0v) is 12.5. The zero-order chi connectivity index (χ0) is 16.2. The van der Waals surface area contributed by atoms with Crippen LogP contribution in [0.1, 0.15) is 11.4 Å². The van der Waals surface area contributed by atoms with Crippen LogP contribution >= 0.6 is 11.3 Å². The van der Waals surface area contributed by atoms with Gasteiger partial charge in [-0.25, -0.2) is 9.97 Å². The number of nitrogens with one attached hydrogen (secondary N) is 2. The van der Waals surface area contributed by atoms with E-state index >= 15 is 0 Å². The highest BCUT2D eigenvalue weighted by atomic mass is 32.1. The van der Waals surface area contributed by atoms with E-state index < -0.39 is 4.92 Å².